The standard InChI is InChI=1S/C13H15BrN2S/c1-9(11-5-3-4-6-12(11)14)16-10(2)13-15-7-8-17-13/h3-10,16H,1-2H3. The van der Waals surface area contributed by atoms with Crippen LogP contribution in [0.1, 0.15) is 36.5 Å². The van der Waals surface area contributed by atoms with E-state index in [1.807, 2.05) is 17.6 Å². The number of hydrogen-bond donors (Lipinski definition) is 1. The highest BCUT2D eigenvalue weighted by Crippen LogP contribution is 2.25. The summed E-state index contributed by atoms with van der Waals surface area (Å²) in [6.07, 6.45) is 1.85. The lowest BCUT2D eigenvalue weighted by molar-refractivity contribution is 0.492. The van der Waals surface area contributed by atoms with Crippen LogP contribution in [0.25, 0.3) is 0 Å². The number of halogens is 1. The average molecular weight is 311 g/mol. The van der Waals surface area contributed by atoms with E-state index in [9.17, 15) is 0 Å². The molecule has 0 aliphatic rings. The Labute approximate surface area is 114 Å². The Bertz CT molecular complexity index is 470. The predicted octanol–water partition coefficient (Wildman–Crippen LogP) is 4.32. The highest BCUT2D eigenvalue weighted by atomic mass is 79.9. The Hall–Kier alpha value is -0.710. The zero-order valence-corrected chi connectivity index (χ0v) is 12.3. The molecule has 0 bridgehead atoms. The lowest BCUT2D eigenvalue weighted by Gasteiger charge is -2.19. The van der Waals surface area contributed by atoms with Gasteiger partial charge in [-0.1, -0.05) is 34.1 Å². The second-order valence-corrected chi connectivity index (χ2v) is 5.78. The molecule has 1 heterocycles. The van der Waals surface area contributed by atoms with Gasteiger partial charge >= 0.3 is 0 Å². The maximum Gasteiger partial charge on any atom is 0.109 e. The zero-order valence-electron chi connectivity index (χ0n) is 9.85. The summed E-state index contributed by atoms with van der Waals surface area (Å²) in [5.74, 6) is 0. The number of aromatic nitrogens is 1. The van der Waals surface area contributed by atoms with E-state index in [1.54, 1.807) is 11.3 Å². The van der Waals surface area contributed by atoms with Crippen LogP contribution in [-0.4, -0.2) is 4.98 Å². The first-order valence-electron chi connectivity index (χ1n) is 5.58. The minimum Gasteiger partial charge on any atom is -0.301 e. The third-order valence-electron chi connectivity index (χ3n) is 2.69. The maximum absolute atomic E-state index is 4.33. The Morgan fingerprint density at radius 2 is 2.00 bits per heavy atom. The first-order chi connectivity index (χ1) is 8.18. The average Bonchev–Trinajstić information content (AvgIpc) is 2.82. The largest absolute Gasteiger partial charge is 0.301 e. The fourth-order valence-electron chi connectivity index (χ4n) is 1.81. The van der Waals surface area contributed by atoms with E-state index in [4.69, 9.17) is 0 Å². The summed E-state index contributed by atoms with van der Waals surface area (Å²) in [4.78, 5) is 4.33. The molecule has 0 saturated carbocycles. The molecule has 2 atom stereocenters. The van der Waals surface area contributed by atoms with E-state index in [2.05, 4.69) is 58.3 Å². The topological polar surface area (TPSA) is 24.9 Å². The summed E-state index contributed by atoms with van der Waals surface area (Å²) in [7, 11) is 0. The molecule has 90 valence electrons. The van der Waals surface area contributed by atoms with Gasteiger partial charge in [0.05, 0.1) is 6.04 Å². The summed E-state index contributed by atoms with van der Waals surface area (Å²) in [5.41, 5.74) is 1.27. The smallest absolute Gasteiger partial charge is 0.109 e. The molecule has 1 N–H and O–H groups in total. The van der Waals surface area contributed by atoms with Gasteiger partial charge in [-0.25, -0.2) is 4.98 Å². The van der Waals surface area contributed by atoms with Gasteiger partial charge in [0.25, 0.3) is 0 Å². The maximum atomic E-state index is 4.33. The molecule has 0 aliphatic carbocycles. The van der Waals surface area contributed by atoms with Crippen LogP contribution >= 0.6 is 27.3 Å². The monoisotopic (exact) mass is 310 g/mol. The van der Waals surface area contributed by atoms with Crippen molar-refractivity contribution in [2.75, 3.05) is 0 Å². The van der Waals surface area contributed by atoms with Crippen molar-refractivity contribution >= 4 is 27.3 Å². The van der Waals surface area contributed by atoms with E-state index < -0.39 is 0 Å². The van der Waals surface area contributed by atoms with E-state index in [0.29, 0.717) is 6.04 Å². The molecule has 2 unspecified atom stereocenters. The second-order valence-electron chi connectivity index (χ2n) is 4.00. The first-order valence-corrected chi connectivity index (χ1v) is 7.25. The molecule has 0 spiro atoms. The molecule has 0 amide bonds. The zero-order chi connectivity index (χ0) is 12.3. The van der Waals surface area contributed by atoms with Crippen LogP contribution in [0.5, 0.6) is 0 Å². The molecule has 0 radical (unpaired) electrons. The predicted molar refractivity (Wildman–Crippen MR) is 76.2 cm³/mol. The van der Waals surface area contributed by atoms with Crippen molar-refractivity contribution in [3.05, 3.63) is 50.9 Å². The molecule has 2 nitrogen and oxygen atoms in total. The molecule has 2 aromatic rings. The SMILES string of the molecule is CC(NC(C)c1ccccc1Br)c1nccs1. The third-order valence-corrected chi connectivity index (χ3v) is 4.37. The third kappa shape index (κ3) is 3.15. The fraction of sp³-hybridized carbons (Fsp3) is 0.308. The quantitative estimate of drug-likeness (QED) is 0.909. The van der Waals surface area contributed by atoms with Crippen LogP contribution < -0.4 is 5.32 Å². The van der Waals surface area contributed by atoms with E-state index >= 15 is 0 Å². The minimum absolute atomic E-state index is 0.275. The van der Waals surface area contributed by atoms with Crippen molar-refractivity contribution in [1.29, 1.82) is 0 Å². The number of thiazole rings is 1. The lowest BCUT2D eigenvalue weighted by Crippen LogP contribution is -2.22. The van der Waals surface area contributed by atoms with E-state index in [-0.39, 0.29) is 6.04 Å². The molecular weight excluding hydrogens is 296 g/mol. The number of rotatable bonds is 4. The van der Waals surface area contributed by atoms with E-state index in [0.717, 1.165) is 9.48 Å². The fourth-order valence-corrected chi connectivity index (χ4v) is 3.09. The van der Waals surface area contributed by atoms with Gasteiger partial charge < -0.3 is 5.32 Å². The molecule has 1 aromatic carbocycles. The summed E-state index contributed by atoms with van der Waals surface area (Å²) in [6.45, 7) is 4.32. The Balaban J connectivity index is 2.07. The molecule has 4 heteroatoms. The summed E-state index contributed by atoms with van der Waals surface area (Å²) in [5, 5.41) is 6.70. The Kier molecular flexibility index (Phi) is 4.31. The Morgan fingerprint density at radius 3 is 2.65 bits per heavy atom. The van der Waals surface area contributed by atoms with Crippen molar-refractivity contribution in [3.8, 4) is 0 Å². The Morgan fingerprint density at radius 1 is 1.24 bits per heavy atom. The van der Waals surface area contributed by atoms with Gasteiger partial charge in [-0.05, 0) is 25.5 Å². The number of nitrogens with one attached hydrogen (secondary N) is 1. The highest BCUT2D eigenvalue weighted by Gasteiger charge is 2.14. The summed E-state index contributed by atoms with van der Waals surface area (Å²) < 4.78 is 1.14. The number of nitrogens with zero attached hydrogens (tertiary/aromatic N) is 1. The van der Waals surface area contributed by atoms with Crippen molar-refractivity contribution in [3.63, 3.8) is 0 Å². The second kappa shape index (κ2) is 5.76. The lowest BCUT2D eigenvalue weighted by atomic mass is 10.1. The number of benzene rings is 1. The molecule has 0 aliphatic heterocycles. The first kappa shape index (κ1) is 12.7. The van der Waals surface area contributed by atoms with E-state index in [1.165, 1.54) is 5.56 Å². The van der Waals surface area contributed by atoms with Gasteiger partial charge in [0.15, 0.2) is 0 Å². The van der Waals surface area contributed by atoms with Crippen LogP contribution in [0.3, 0.4) is 0 Å². The molecule has 17 heavy (non-hydrogen) atoms. The van der Waals surface area contributed by atoms with Gasteiger partial charge in [-0.15, -0.1) is 11.3 Å². The molecular formula is C13H15BrN2S. The number of hydrogen-bond acceptors (Lipinski definition) is 3. The van der Waals surface area contributed by atoms with Crippen LogP contribution in [0, 0.1) is 0 Å². The minimum atomic E-state index is 0.275. The molecule has 0 fully saturated rings. The van der Waals surface area contributed by atoms with Gasteiger partial charge in [-0.3, -0.25) is 0 Å². The van der Waals surface area contributed by atoms with Gasteiger partial charge in [0.2, 0.25) is 0 Å². The summed E-state index contributed by atoms with van der Waals surface area (Å²) >= 11 is 5.27. The molecule has 0 saturated heterocycles. The van der Waals surface area contributed by atoms with Gasteiger partial charge in [0, 0.05) is 22.1 Å². The van der Waals surface area contributed by atoms with Crippen molar-refractivity contribution in [2.24, 2.45) is 0 Å². The summed E-state index contributed by atoms with van der Waals surface area (Å²) in [6, 6.07) is 8.87. The van der Waals surface area contributed by atoms with Crippen molar-refractivity contribution < 1.29 is 0 Å². The van der Waals surface area contributed by atoms with Gasteiger partial charge in [-0.2, -0.15) is 0 Å². The van der Waals surface area contributed by atoms with Crippen LogP contribution in [0.4, 0.5) is 0 Å². The normalized spacial score (nSPS) is 14.5. The van der Waals surface area contributed by atoms with Crippen molar-refractivity contribution in [2.45, 2.75) is 25.9 Å². The van der Waals surface area contributed by atoms with Gasteiger partial charge in [0.1, 0.15) is 5.01 Å². The molecule has 2 rings (SSSR count). The van der Waals surface area contributed by atoms with Crippen LogP contribution in [0.15, 0.2) is 40.3 Å². The van der Waals surface area contributed by atoms with Crippen molar-refractivity contribution in [1.82, 2.24) is 10.3 Å². The molecule has 1 aromatic heterocycles. The van der Waals surface area contributed by atoms with Crippen LogP contribution in [0.2, 0.25) is 0 Å². The van der Waals surface area contributed by atoms with Crippen LogP contribution in [-0.2, 0) is 0 Å². The highest BCUT2D eigenvalue weighted by molar-refractivity contribution is 9.10.